The van der Waals surface area contributed by atoms with Gasteiger partial charge in [-0.1, -0.05) is 56.3 Å². The fraction of sp³-hybridized carbons (Fsp3) is 0.240. The Hall–Kier alpha value is -3.31. The van der Waals surface area contributed by atoms with E-state index in [4.69, 9.17) is 11.6 Å². The van der Waals surface area contributed by atoms with E-state index in [0.29, 0.717) is 11.6 Å². The van der Waals surface area contributed by atoms with Crippen molar-refractivity contribution in [1.82, 2.24) is 9.99 Å². The van der Waals surface area contributed by atoms with Gasteiger partial charge in [0.05, 0.1) is 5.70 Å². The normalized spacial score (nSPS) is 12.5. The molecule has 0 atom stereocenters. The van der Waals surface area contributed by atoms with Crippen molar-refractivity contribution in [2.75, 3.05) is 12.4 Å². The quantitative estimate of drug-likeness (QED) is 0.385. The van der Waals surface area contributed by atoms with Crippen LogP contribution < -0.4 is 16.9 Å². The second-order valence-corrected chi connectivity index (χ2v) is 8.00. The van der Waals surface area contributed by atoms with E-state index in [1.54, 1.807) is 13.2 Å². The number of nitrogens with zero attached hydrogens (tertiary/aromatic N) is 2. The molecule has 3 rings (SSSR count). The van der Waals surface area contributed by atoms with Gasteiger partial charge in [0, 0.05) is 30.5 Å². The minimum atomic E-state index is 0.615. The van der Waals surface area contributed by atoms with Gasteiger partial charge in [-0.2, -0.15) is 0 Å². The SMILES string of the molecule is CC=C(Nc1cc2cc(/C(N)=C/N(C)N)ccc2cn1)c1ccc(CC(C)C)cc1. The number of aromatic nitrogens is 1. The van der Waals surface area contributed by atoms with Crippen LogP contribution in [0.1, 0.15) is 37.5 Å². The smallest absolute Gasteiger partial charge is 0.130 e. The summed E-state index contributed by atoms with van der Waals surface area (Å²) in [7, 11) is 1.74. The fourth-order valence-corrected chi connectivity index (χ4v) is 3.42. The van der Waals surface area contributed by atoms with Crippen molar-refractivity contribution in [3.05, 3.63) is 83.7 Å². The van der Waals surface area contributed by atoms with Crippen LogP contribution in [0, 0.1) is 5.92 Å². The summed E-state index contributed by atoms with van der Waals surface area (Å²) in [6.45, 7) is 6.50. The summed E-state index contributed by atoms with van der Waals surface area (Å²) >= 11 is 0. The molecule has 5 N–H and O–H groups in total. The van der Waals surface area contributed by atoms with Crippen LogP contribution in [0.25, 0.3) is 22.2 Å². The predicted octanol–water partition coefficient (Wildman–Crippen LogP) is 4.97. The first-order valence-electron chi connectivity index (χ1n) is 10.2. The molecule has 0 radical (unpaired) electrons. The van der Waals surface area contributed by atoms with Gasteiger partial charge in [-0.05, 0) is 53.5 Å². The lowest BCUT2D eigenvalue weighted by Crippen LogP contribution is -2.20. The maximum Gasteiger partial charge on any atom is 0.130 e. The van der Waals surface area contributed by atoms with Gasteiger partial charge < -0.3 is 16.1 Å². The monoisotopic (exact) mass is 401 g/mol. The minimum Gasteiger partial charge on any atom is -0.397 e. The molecule has 0 aliphatic heterocycles. The van der Waals surface area contributed by atoms with E-state index in [2.05, 4.69) is 54.5 Å². The first-order chi connectivity index (χ1) is 14.4. The Morgan fingerprint density at radius 1 is 1.07 bits per heavy atom. The third-order valence-corrected chi connectivity index (χ3v) is 4.86. The van der Waals surface area contributed by atoms with Gasteiger partial charge in [-0.25, -0.2) is 10.8 Å². The van der Waals surface area contributed by atoms with Gasteiger partial charge in [0.25, 0.3) is 0 Å². The van der Waals surface area contributed by atoms with Gasteiger partial charge in [0.15, 0.2) is 0 Å². The molecule has 0 saturated heterocycles. The van der Waals surface area contributed by atoms with E-state index in [0.717, 1.165) is 39.8 Å². The number of anilines is 1. The van der Waals surface area contributed by atoms with E-state index >= 15 is 0 Å². The molecule has 0 aliphatic rings. The molecule has 0 amide bonds. The van der Waals surface area contributed by atoms with E-state index in [1.165, 1.54) is 10.6 Å². The number of hydrogen-bond acceptors (Lipinski definition) is 5. The van der Waals surface area contributed by atoms with Crippen LogP contribution in [-0.2, 0) is 6.42 Å². The van der Waals surface area contributed by atoms with Crippen LogP contribution >= 0.6 is 0 Å². The van der Waals surface area contributed by atoms with Crippen LogP contribution in [0.4, 0.5) is 5.82 Å². The average molecular weight is 402 g/mol. The molecule has 3 aromatic rings. The molecule has 0 aliphatic carbocycles. The van der Waals surface area contributed by atoms with Crippen molar-refractivity contribution < 1.29 is 0 Å². The average Bonchev–Trinajstić information content (AvgIpc) is 2.71. The number of hydrazine groups is 1. The second-order valence-electron chi connectivity index (χ2n) is 8.00. The molecular formula is C25H31N5. The molecular weight excluding hydrogens is 370 g/mol. The molecule has 0 saturated carbocycles. The molecule has 1 aromatic heterocycles. The van der Waals surface area contributed by atoms with Gasteiger partial charge in [-0.15, -0.1) is 0 Å². The van der Waals surface area contributed by atoms with Gasteiger partial charge >= 0.3 is 0 Å². The molecule has 2 aromatic carbocycles. The summed E-state index contributed by atoms with van der Waals surface area (Å²) in [4.78, 5) is 4.57. The summed E-state index contributed by atoms with van der Waals surface area (Å²) in [5.74, 6) is 7.11. The molecule has 0 unspecified atom stereocenters. The Bertz CT molecular complexity index is 1060. The predicted molar refractivity (Wildman–Crippen MR) is 128 cm³/mol. The van der Waals surface area contributed by atoms with Gasteiger partial charge in [0.2, 0.25) is 0 Å². The minimum absolute atomic E-state index is 0.615. The fourth-order valence-electron chi connectivity index (χ4n) is 3.42. The maximum absolute atomic E-state index is 6.14. The zero-order valence-corrected chi connectivity index (χ0v) is 18.2. The molecule has 156 valence electrons. The first-order valence-corrected chi connectivity index (χ1v) is 10.2. The maximum atomic E-state index is 6.14. The molecule has 0 fully saturated rings. The topological polar surface area (TPSA) is 80.2 Å². The summed E-state index contributed by atoms with van der Waals surface area (Å²) < 4.78 is 0. The lowest BCUT2D eigenvalue weighted by Gasteiger charge is -2.13. The van der Waals surface area contributed by atoms with E-state index in [1.807, 2.05) is 37.4 Å². The van der Waals surface area contributed by atoms with Crippen LogP contribution in [0.5, 0.6) is 0 Å². The Kier molecular flexibility index (Phi) is 6.75. The number of fused-ring (bicyclic) bond motifs is 1. The number of nitrogens with one attached hydrogen (secondary N) is 1. The lowest BCUT2D eigenvalue weighted by molar-refractivity contribution is 0.486. The van der Waals surface area contributed by atoms with Crippen molar-refractivity contribution in [2.45, 2.75) is 27.2 Å². The van der Waals surface area contributed by atoms with Crippen LogP contribution in [-0.4, -0.2) is 17.0 Å². The Morgan fingerprint density at radius 2 is 1.77 bits per heavy atom. The highest BCUT2D eigenvalue weighted by molar-refractivity contribution is 5.88. The second kappa shape index (κ2) is 9.46. The molecule has 30 heavy (non-hydrogen) atoms. The molecule has 5 nitrogen and oxygen atoms in total. The van der Waals surface area contributed by atoms with Crippen molar-refractivity contribution in [2.24, 2.45) is 17.5 Å². The third-order valence-electron chi connectivity index (χ3n) is 4.86. The number of hydrogen-bond donors (Lipinski definition) is 3. The Morgan fingerprint density at radius 3 is 2.40 bits per heavy atom. The summed E-state index contributed by atoms with van der Waals surface area (Å²) in [5.41, 5.74) is 11.2. The molecule has 0 spiro atoms. The largest absolute Gasteiger partial charge is 0.397 e. The third kappa shape index (κ3) is 5.39. The zero-order valence-electron chi connectivity index (χ0n) is 18.2. The van der Waals surface area contributed by atoms with Crippen LogP contribution in [0.3, 0.4) is 0 Å². The number of allylic oxidation sites excluding steroid dienone is 1. The standard InChI is InChI=1S/C25H31N5/c1-5-24(19-8-6-18(7-9-19)12-17(2)3)29-25-14-22-13-20(23(26)16-30(4)27)10-11-21(22)15-28-25/h5-11,13-17H,12,26-27H2,1-4H3,(H,28,29)/b23-16-,24-5?. The van der Waals surface area contributed by atoms with E-state index < -0.39 is 0 Å². The van der Waals surface area contributed by atoms with E-state index in [-0.39, 0.29) is 0 Å². The lowest BCUT2D eigenvalue weighted by atomic mass is 10.0. The Balaban J connectivity index is 1.84. The number of rotatable bonds is 7. The highest BCUT2D eigenvalue weighted by atomic mass is 15.4. The van der Waals surface area contributed by atoms with Gasteiger partial charge in [-0.3, -0.25) is 0 Å². The van der Waals surface area contributed by atoms with Gasteiger partial charge in [0.1, 0.15) is 5.82 Å². The van der Waals surface area contributed by atoms with Crippen LogP contribution in [0.15, 0.2) is 67.0 Å². The summed E-state index contributed by atoms with van der Waals surface area (Å²) in [6.07, 6.45) is 6.72. The molecule has 5 heteroatoms. The van der Waals surface area contributed by atoms with Crippen molar-refractivity contribution in [3.8, 4) is 0 Å². The van der Waals surface area contributed by atoms with Crippen molar-refractivity contribution in [3.63, 3.8) is 0 Å². The van der Waals surface area contributed by atoms with Crippen LogP contribution in [0.2, 0.25) is 0 Å². The number of nitrogens with two attached hydrogens (primary N) is 2. The highest BCUT2D eigenvalue weighted by Crippen LogP contribution is 2.24. The van der Waals surface area contributed by atoms with E-state index in [9.17, 15) is 0 Å². The Labute approximate surface area is 179 Å². The highest BCUT2D eigenvalue weighted by Gasteiger charge is 2.06. The summed E-state index contributed by atoms with van der Waals surface area (Å²) in [6, 6.07) is 16.8. The number of benzene rings is 2. The number of pyridine rings is 1. The molecule has 1 heterocycles. The molecule has 0 bridgehead atoms. The summed E-state index contributed by atoms with van der Waals surface area (Å²) in [5, 5.41) is 7.02. The van der Waals surface area contributed by atoms with Crippen molar-refractivity contribution >= 4 is 28.0 Å². The van der Waals surface area contributed by atoms with Crippen molar-refractivity contribution in [1.29, 1.82) is 0 Å². The zero-order chi connectivity index (χ0) is 21.7. The first kappa shape index (κ1) is 21.4.